The van der Waals surface area contributed by atoms with Crippen LogP contribution >= 0.6 is 46.4 Å². The number of carboxylic acid groups (broad SMARTS) is 1. The van der Waals surface area contributed by atoms with E-state index < -0.39 is 5.97 Å². The Labute approximate surface area is 185 Å². The number of benzene rings is 2. The zero-order chi connectivity index (χ0) is 21.0. The van der Waals surface area contributed by atoms with E-state index in [0.717, 1.165) is 0 Å². The monoisotopic (exact) mass is 466 g/mol. The fraction of sp³-hybridized carbons (Fsp3) is 0.0476. The van der Waals surface area contributed by atoms with Gasteiger partial charge < -0.3 is 10.2 Å². The Morgan fingerprint density at radius 1 is 0.966 bits per heavy atom. The number of hydrogen-bond acceptors (Lipinski definition) is 3. The molecule has 4 rings (SSSR count). The minimum atomic E-state index is -1.33. The molecule has 2 aliphatic rings. The Morgan fingerprint density at radius 2 is 1.66 bits per heavy atom. The molecule has 0 bridgehead atoms. The number of rotatable bonds is 2. The molecule has 0 fully saturated rings. The van der Waals surface area contributed by atoms with E-state index in [1.165, 1.54) is 18.2 Å². The van der Waals surface area contributed by atoms with Gasteiger partial charge in [-0.2, -0.15) is 0 Å². The largest absolute Gasteiger partial charge is 0.508 e. The van der Waals surface area contributed by atoms with Gasteiger partial charge in [0.15, 0.2) is 5.78 Å². The molecule has 2 aromatic rings. The van der Waals surface area contributed by atoms with Crippen molar-refractivity contribution in [1.82, 2.24) is 0 Å². The van der Waals surface area contributed by atoms with Crippen LogP contribution in [0, 0.1) is 0 Å². The van der Waals surface area contributed by atoms with Gasteiger partial charge in [0.2, 0.25) is 0 Å². The van der Waals surface area contributed by atoms with Crippen molar-refractivity contribution in [1.29, 1.82) is 0 Å². The lowest BCUT2D eigenvalue weighted by molar-refractivity contribution is -0.110. The summed E-state index contributed by atoms with van der Waals surface area (Å²) in [6.45, 7) is 0. The van der Waals surface area contributed by atoms with Crippen molar-refractivity contribution >= 4 is 63.7 Å². The van der Waals surface area contributed by atoms with E-state index in [0.29, 0.717) is 34.3 Å². The highest BCUT2D eigenvalue weighted by atomic mass is 35.5. The molecule has 0 saturated carbocycles. The third-order valence-electron chi connectivity index (χ3n) is 4.82. The Balaban J connectivity index is 2.19. The van der Waals surface area contributed by atoms with Crippen molar-refractivity contribution in [2.45, 2.75) is 6.42 Å². The first-order chi connectivity index (χ1) is 13.7. The summed E-state index contributed by atoms with van der Waals surface area (Å²) in [4.78, 5) is 24.0. The van der Waals surface area contributed by atoms with Gasteiger partial charge in [0.1, 0.15) is 5.75 Å². The second-order valence-corrected chi connectivity index (χ2v) is 8.04. The number of halogens is 4. The molecule has 0 heterocycles. The minimum absolute atomic E-state index is 0.0431. The average molecular weight is 468 g/mol. The number of aromatic carboxylic acids is 1. The van der Waals surface area contributed by atoms with Crippen LogP contribution in [0.5, 0.6) is 5.75 Å². The van der Waals surface area contributed by atoms with Crippen LogP contribution < -0.4 is 0 Å². The lowest BCUT2D eigenvalue weighted by atomic mass is 9.76. The van der Waals surface area contributed by atoms with Crippen LogP contribution in [-0.2, 0) is 11.2 Å². The Bertz CT molecular complexity index is 1220. The van der Waals surface area contributed by atoms with Crippen LogP contribution in [0.2, 0.25) is 20.1 Å². The van der Waals surface area contributed by atoms with Gasteiger partial charge in [-0.15, -0.1) is 0 Å². The molecule has 4 nitrogen and oxygen atoms in total. The van der Waals surface area contributed by atoms with Crippen molar-refractivity contribution in [3.8, 4) is 5.75 Å². The van der Waals surface area contributed by atoms with Crippen molar-refractivity contribution in [3.05, 3.63) is 89.9 Å². The first-order valence-corrected chi connectivity index (χ1v) is 9.81. The molecule has 2 aliphatic carbocycles. The number of carbonyl (C=O) groups is 2. The summed E-state index contributed by atoms with van der Waals surface area (Å²) in [7, 11) is 0. The van der Waals surface area contributed by atoms with Crippen LogP contribution in [-0.4, -0.2) is 22.0 Å². The number of phenolic OH excluding ortho intramolecular Hbond substituents is 1. The van der Waals surface area contributed by atoms with Gasteiger partial charge in [-0.1, -0.05) is 58.5 Å². The van der Waals surface area contributed by atoms with Gasteiger partial charge in [-0.25, -0.2) is 4.79 Å². The zero-order valence-corrected chi connectivity index (χ0v) is 17.4. The van der Waals surface area contributed by atoms with Gasteiger partial charge in [0.05, 0.1) is 25.7 Å². The molecule has 0 saturated heterocycles. The van der Waals surface area contributed by atoms with Gasteiger partial charge >= 0.3 is 5.97 Å². The average Bonchev–Trinajstić information content (AvgIpc) is 2.66. The molecular weight excluding hydrogens is 458 g/mol. The third-order valence-corrected chi connectivity index (χ3v) is 6.62. The van der Waals surface area contributed by atoms with E-state index in [2.05, 4.69) is 0 Å². The molecule has 0 aromatic heterocycles. The number of carboxylic acids is 1. The Kier molecular flexibility index (Phi) is 4.99. The van der Waals surface area contributed by atoms with Gasteiger partial charge in [-0.3, -0.25) is 4.79 Å². The molecule has 29 heavy (non-hydrogen) atoms. The summed E-state index contributed by atoms with van der Waals surface area (Å²) in [6.07, 6.45) is 4.85. The van der Waals surface area contributed by atoms with Crippen LogP contribution in [0.3, 0.4) is 0 Å². The summed E-state index contributed by atoms with van der Waals surface area (Å²) in [6, 6.07) is 4.70. The molecule has 2 N–H and O–H groups in total. The summed E-state index contributed by atoms with van der Waals surface area (Å²) < 4.78 is 0. The van der Waals surface area contributed by atoms with Gasteiger partial charge in [-0.05, 0) is 58.6 Å². The predicted octanol–water partition coefficient (Wildman–Crippen LogP) is 6.13. The third kappa shape index (κ3) is 3.17. The molecule has 0 spiro atoms. The van der Waals surface area contributed by atoms with Crippen molar-refractivity contribution in [2.24, 2.45) is 0 Å². The fourth-order valence-corrected chi connectivity index (χ4v) is 4.65. The van der Waals surface area contributed by atoms with Crippen molar-refractivity contribution in [2.75, 3.05) is 0 Å². The Morgan fingerprint density at radius 3 is 2.34 bits per heavy atom. The topological polar surface area (TPSA) is 74.6 Å². The van der Waals surface area contributed by atoms with Crippen LogP contribution in [0.25, 0.3) is 5.57 Å². The standard InChI is InChI=1S/C21H10Cl4O4/c22-17-15(16(21(28)29)18(23)20(25)19(17)24)14-12-3-1-10(26)6-8(12)5-9-7-11(27)2-4-13(9)14/h1-4,6-7,26H,5H2,(H,28,29). The highest BCUT2D eigenvalue weighted by molar-refractivity contribution is 6.53. The number of phenols is 1. The molecule has 0 atom stereocenters. The lowest BCUT2D eigenvalue weighted by Crippen LogP contribution is -2.15. The van der Waals surface area contributed by atoms with E-state index in [1.807, 2.05) is 0 Å². The molecule has 0 unspecified atom stereocenters. The van der Waals surface area contributed by atoms with E-state index >= 15 is 0 Å². The van der Waals surface area contributed by atoms with E-state index in [-0.39, 0.29) is 42.8 Å². The molecule has 0 aliphatic heterocycles. The number of hydrogen-bond donors (Lipinski definition) is 2. The van der Waals surface area contributed by atoms with Gasteiger partial charge in [0, 0.05) is 5.56 Å². The number of carbonyl (C=O) groups excluding carboxylic acids is 1. The SMILES string of the molecule is O=C1C=CC2=C(c3c(Cl)c(Cl)c(Cl)c(Cl)c3C(=O)O)c3ccc(O)cc3CC2=C1. The maximum absolute atomic E-state index is 12.1. The highest BCUT2D eigenvalue weighted by Crippen LogP contribution is 2.49. The maximum atomic E-state index is 12.1. The summed E-state index contributed by atoms with van der Waals surface area (Å²) >= 11 is 25.0. The quantitative estimate of drug-likeness (QED) is 0.411. The molecule has 0 radical (unpaired) electrons. The van der Waals surface area contributed by atoms with E-state index in [9.17, 15) is 19.8 Å². The first kappa shape index (κ1) is 20.0. The first-order valence-electron chi connectivity index (χ1n) is 8.29. The van der Waals surface area contributed by atoms with E-state index in [4.69, 9.17) is 46.4 Å². The number of fused-ring (bicyclic) bond motifs is 2. The predicted molar refractivity (Wildman–Crippen MR) is 114 cm³/mol. The van der Waals surface area contributed by atoms with Crippen molar-refractivity contribution in [3.63, 3.8) is 0 Å². The van der Waals surface area contributed by atoms with E-state index in [1.54, 1.807) is 18.2 Å². The summed E-state index contributed by atoms with van der Waals surface area (Å²) in [5, 5.41) is 19.2. The molecular formula is C21H10Cl4O4. The second-order valence-electron chi connectivity index (χ2n) is 6.52. The van der Waals surface area contributed by atoms with Crippen LogP contribution in [0.1, 0.15) is 27.0 Å². The van der Waals surface area contributed by atoms with Crippen LogP contribution in [0.15, 0.2) is 47.6 Å². The zero-order valence-electron chi connectivity index (χ0n) is 14.4. The summed E-state index contributed by atoms with van der Waals surface area (Å²) in [5.74, 6) is -1.48. The minimum Gasteiger partial charge on any atom is -0.508 e. The smallest absolute Gasteiger partial charge is 0.337 e. The fourth-order valence-electron chi connectivity index (χ4n) is 3.62. The normalized spacial score (nSPS) is 15.2. The molecule has 8 heteroatoms. The maximum Gasteiger partial charge on any atom is 0.337 e. The van der Waals surface area contributed by atoms with Gasteiger partial charge in [0.25, 0.3) is 0 Å². The highest BCUT2D eigenvalue weighted by Gasteiger charge is 2.32. The molecule has 2 aromatic carbocycles. The number of allylic oxidation sites excluding steroid dienone is 5. The molecule has 0 amide bonds. The molecule has 146 valence electrons. The number of aromatic hydroxyl groups is 1. The van der Waals surface area contributed by atoms with Crippen LogP contribution in [0.4, 0.5) is 0 Å². The Hall–Kier alpha value is -2.24. The summed E-state index contributed by atoms with van der Waals surface area (Å²) in [5.41, 5.74) is 2.90. The number of ketones is 1. The lowest BCUT2D eigenvalue weighted by Gasteiger charge is -2.28. The van der Waals surface area contributed by atoms with Crippen molar-refractivity contribution < 1.29 is 19.8 Å². The second kappa shape index (κ2) is 7.22.